The highest BCUT2D eigenvalue weighted by Crippen LogP contribution is 2.44. The van der Waals surface area contributed by atoms with Gasteiger partial charge in [0.2, 0.25) is 11.8 Å². The lowest BCUT2D eigenvalue weighted by Gasteiger charge is -2.43. The van der Waals surface area contributed by atoms with Crippen molar-refractivity contribution in [2.45, 2.75) is 48.6 Å². The zero-order chi connectivity index (χ0) is 26.2. The van der Waals surface area contributed by atoms with Gasteiger partial charge in [0.25, 0.3) is 0 Å². The lowest BCUT2D eigenvalue weighted by atomic mass is 9.95. The van der Waals surface area contributed by atoms with Gasteiger partial charge in [-0.15, -0.1) is 0 Å². The zero-order valence-electron chi connectivity index (χ0n) is 20.6. The quantitative estimate of drug-likeness (QED) is 0.385. The molecule has 0 saturated carbocycles. The van der Waals surface area contributed by atoms with Crippen molar-refractivity contribution >= 4 is 28.6 Å². The summed E-state index contributed by atoms with van der Waals surface area (Å²) in [4.78, 5) is 40.8. The summed E-state index contributed by atoms with van der Waals surface area (Å²) >= 11 is 0. The van der Waals surface area contributed by atoms with Crippen LogP contribution in [0, 0.1) is 0 Å². The maximum Gasteiger partial charge on any atom is 0.331 e. The molecule has 2 saturated heterocycles. The van der Waals surface area contributed by atoms with Crippen LogP contribution >= 0.6 is 0 Å². The van der Waals surface area contributed by atoms with Crippen molar-refractivity contribution in [1.82, 2.24) is 10.2 Å². The molecule has 7 nitrogen and oxygen atoms in total. The maximum atomic E-state index is 13.6. The molecule has 4 atom stereocenters. The van der Waals surface area contributed by atoms with Crippen LogP contribution < -0.4 is 5.32 Å². The highest BCUT2D eigenvalue weighted by molar-refractivity contribution is 7.87. The molecule has 2 amide bonds. The molecular formula is C29H28N2O5S. The molecule has 0 spiro atoms. The van der Waals surface area contributed by atoms with Gasteiger partial charge >= 0.3 is 5.97 Å². The zero-order valence-corrected chi connectivity index (χ0v) is 21.4. The number of carbonyl (C=O) groups excluding carboxylic acids is 3. The highest BCUT2D eigenvalue weighted by atomic mass is 32.2. The molecule has 190 valence electrons. The van der Waals surface area contributed by atoms with Gasteiger partial charge in [0, 0.05) is 0 Å². The Balaban J connectivity index is 1.35. The number of carbonyl (C=O) groups is 3. The van der Waals surface area contributed by atoms with E-state index < -0.39 is 51.0 Å². The number of hydrogen-bond donors (Lipinski definition) is 1. The summed E-state index contributed by atoms with van der Waals surface area (Å²) < 4.78 is 18.5. The number of nitrogens with zero attached hydrogens (tertiary/aromatic N) is 1. The number of amides is 2. The van der Waals surface area contributed by atoms with E-state index in [-0.39, 0.29) is 12.3 Å². The number of nitrogens with one attached hydrogen (secondary N) is 1. The van der Waals surface area contributed by atoms with Gasteiger partial charge in [0.1, 0.15) is 17.5 Å². The van der Waals surface area contributed by atoms with Crippen LogP contribution in [0.2, 0.25) is 0 Å². The monoisotopic (exact) mass is 516 g/mol. The molecule has 3 aromatic rings. The second-order valence-electron chi connectivity index (χ2n) is 9.79. The van der Waals surface area contributed by atoms with E-state index in [0.29, 0.717) is 0 Å². The van der Waals surface area contributed by atoms with Crippen molar-refractivity contribution < 1.29 is 23.3 Å². The number of benzene rings is 3. The molecule has 0 radical (unpaired) electrons. The average molecular weight is 517 g/mol. The molecule has 3 aromatic carbocycles. The Morgan fingerprint density at radius 2 is 1.43 bits per heavy atom. The van der Waals surface area contributed by atoms with Crippen molar-refractivity contribution in [3.8, 4) is 0 Å². The largest absolute Gasteiger partial charge is 0.451 e. The molecule has 5 rings (SSSR count). The molecule has 1 N–H and O–H groups in total. The van der Waals surface area contributed by atoms with E-state index in [1.807, 2.05) is 91.0 Å². The Labute approximate surface area is 218 Å². The fourth-order valence-corrected chi connectivity index (χ4v) is 6.96. The van der Waals surface area contributed by atoms with Gasteiger partial charge in [0.15, 0.2) is 6.10 Å². The predicted octanol–water partition coefficient (Wildman–Crippen LogP) is 3.12. The molecule has 0 aromatic heterocycles. The van der Waals surface area contributed by atoms with E-state index in [2.05, 4.69) is 5.32 Å². The van der Waals surface area contributed by atoms with Gasteiger partial charge in [-0.3, -0.25) is 13.8 Å². The van der Waals surface area contributed by atoms with E-state index in [0.717, 1.165) is 16.7 Å². The molecule has 8 heteroatoms. The first-order valence-corrected chi connectivity index (χ1v) is 13.4. The maximum absolute atomic E-state index is 13.6. The first-order chi connectivity index (χ1) is 17.8. The summed E-state index contributed by atoms with van der Waals surface area (Å²) in [6.07, 6.45) is -0.578. The van der Waals surface area contributed by atoms with Gasteiger partial charge in [0.05, 0.1) is 22.0 Å². The number of β-lactam (4-membered cyclic amide) rings is 1. The Kier molecular flexibility index (Phi) is 6.69. The van der Waals surface area contributed by atoms with Gasteiger partial charge in [-0.2, -0.15) is 0 Å². The Bertz CT molecular complexity index is 1290. The van der Waals surface area contributed by atoms with Crippen molar-refractivity contribution in [1.29, 1.82) is 0 Å². The lowest BCUT2D eigenvalue weighted by molar-refractivity contribution is -0.166. The smallest absolute Gasteiger partial charge is 0.331 e. The van der Waals surface area contributed by atoms with Crippen LogP contribution in [-0.2, 0) is 36.3 Å². The first-order valence-electron chi connectivity index (χ1n) is 12.2. The van der Waals surface area contributed by atoms with E-state index in [4.69, 9.17) is 4.74 Å². The summed E-state index contributed by atoms with van der Waals surface area (Å²) in [6.45, 7) is 3.40. The third-order valence-electron chi connectivity index (χ3n) is 6.94. The molecule has 2 aliphatic heterocycles. The number of esters is 1. The van der Waals surface area contributed by atoms with Gasteiger partial charge < -0.3 is 15.0 Å². The Morgan fingerprint density at radius 1 is 0.919 bits per heavy atom. The van der Waals surface area contributed by atoms with Crippen molar-refractivity contribution in [3.05, 3.63) is 108 Å². The normalized spacial score (nSPS) is 23.8. The van der Waals surface area contributed by atoms with Crippen molar-refractivity contribution in [2.75, 3.05) is 0 Å². The molecule has 2 aliphatic rings. The van der Waals surface area contributed by atoms with Gasteiger partial charge in [-0.25, -0.2) is 4.79 Å². The van der Waals surface area contributed by atoms with E-state index >= 15 is 0 Å². The number of hydrogen-bond acceptors (Lipinski definition) is 5. The minimum absolute atomic E-state index is 0.106. The summed E-state index contributed by atoms with van der Waals surface area (Å²) in [5.41, 5.74) is 2.39. The lowest BCUT2D eigenvalue weighted by Crippen LogP contribution is -2.71. The van der Waals surface area contributed by atoms with Crippen LogP contribution in [0.3, 0.4) is 0 Å². The third kappa shape index (κ3) is 4.57. The fraction of sp³-hybridized carbons (Fsp3) is 0.276. The minimum atomic E-state index is -1.60. The number of rotatable bonds is 7. The molecule has 37 heavy (non-hydrogen) atoms. The molecule has 0 bridgehead atoms. The van der Waals surface area contributed by atoms with Crippen LogP contribution in [0.25, 0.3) is 0 Å². The number of fused-ring (bicyclic) bond motifs is 1. The second-order valence-corrected chi connectivity index (χ2v) is 11.9. The average Bonchev–Trinajstić information content (AvgIpc) is 3.10. The number of ether oxygens (including phenoxy) is 1. The highest BCUT2D eigenvalue weighted by Gasteiger charge is 2.68. The summed E-state index contributed by atoms with van der Waals surface area (Å²) in [5, 5.41) is 1.95. The van der Waals surface area contributed by atoms with Crippen molar-refractivity contribution in [3.63, 3.8) is 0 Å². The minimum Gasteiger partial charge on any atom is -0.451 e. The Morgan fingerprint density at radius 3 is 1.97 bits per heavy atom. The van der Waals surface area contributed by atoms with E-state index in [9.17, 15) is 18.6 Å². The predicted molar refractivity (Wildman–Crippen MR) is 140 cm³/mol. The molecule has 2 fully saturated rings. The summed E-state index contributed by atoms with van der Waals surface area (Å²) in [5.74, 6) is -1.39. The molecule has 2 heterocycles. The second kappa shape index (κ2) is 9.94. The van der Waals surface area contributed by atoms with Gasteiger partial charge in [-0.05, 0) is 30.5 Å². The summed E-state index contributed by atoms with van der Waals surface area (Å²) in [7, 11) is -1.60. The van der Waals surface area contributed by atoms with Crippen LogP contribution in [0.1, 0.15) is 36.6 Å². The summed E-state index contributed by atoms with van der Waals surface area (Å²) in [6, 6.07) is 25.9. The Hall–Kier alpha value is -3.78. The van der Waals surface area contributed by atoms with Gasteiger partial charge in [-0.1, -0.05) is 91.0 Å². The van der Waals surface area contributed by atoms with Crippen molar-refractivity contribution in [2.24, 2.45) is 0 Å². The first kappa shape index (κ1) is 24.9. The third-order valence-corrected chi connectivity index (χ3v) is 9.14. The standard InChI is InChI=1S/C29H28N2O5S/c1-29(2)25(28(34)36-24(20-14-8-4-9-15-20)21-16-10-5-11-17-21)31-26(33)23(27(31)37(29)35)30-22(32)18-19-12-6-3-7-13-19/h3-17,23-25,27H,18H2,1-2H3,(H,30,32)/t23-,25-,27+,37-/m0/s1. The molecular weight excluding hydrogens is 488 g/mol. The van der Waals surface area contributed by atoms with E-state index in [1.54, 1.807) is 13.8 Å². The van der Waals surface area contributed by atoms with Crippen LogP contribution in [0.5, 0.6) is 0 Å². The van der Waals surface area contributed by atoms with E-state index in [1.165, 1.54) is 4.90 Å². The topological polar surface area (TPSA) is 92.8 Å². The van der Waals surface area contributed by atoms with Crippen LogP contribution in [-0.4, -0.2) is 49.1 Å². The SMILES string of the molecule is CC1(C)[C@H](C(=O)OC(c2ccccc2)c2ccccc2)N2C(=O)[C@H](NC(=O)Cc3ccccc3)[C@H]2[S@@]1=O. The molecule has 0 aliphatic carbocycles. The van der Waals surface area contributed by atoms with Crippen LogP contribution in [0.4, 0.5) is 0 Å². The van der Waals surface area contributed by atoms with Crippen LogP contribution in [0.15, 0.2) is 91.0 Å². The molecule has 0 unspecified atom stereocenters. The fourth-order valence-electron chi connectivity index (χ4n) is 5.04.